The molecule has 0 aliphatic carbocycles. The Balaban J connectivity index is 2.14. The van der Waals surface area contributed by atoms with Crippen LogP contribution < -0.4 is 0 Å². The van der Waals surface area contributed by atoms with Gasteiger partial charge in [-0.3, -0.25) is 9.59 Å². The van der Waals surface area contributed by atoms with Crippen LogP contribution >= 0.6 is 0 Å². The first kappa shape index (κ1) is 18.1. The number of rotatable bonds is 6. The molecular weight excluding hydrogens is 268 g/mol. The van der Waals surface area contributed by atoms with Crippen LogP contribution in [0.4, 0.5) is 0 Å². The van der Waals surface area contributed by atoms with Crippen LogP contribution in [0.3, 0.4) is 0 Å². The quantitative estimate of drug-likeness (QED) is 0.556. The zero-order valence-electron chi connectivity index (χ0n) is 14.2. The maximum atomic E-state index is 11.9. The van der Waals surface area contributed by atoms with E-state index in [1.54, 1.807) is 0 Å². The predicted molar refractivity (Wildman–Crippen MR) is 82.0 cm³/mol. The topological polar surface area (TPSA) is 52.6 Å². The fraction of sp³-hybridized carbons (Fsp3) is 0.882. The second-order valence-corrected chi connectivity index (χ2v) is 7.71. The van der Waals surface area contributed by atoms with Gasteiger partial charge in [-0.2, -0.15) is 0 Å². The smallest absolute Gasteiger partial charge is 0.311 e. The van der Waals surface area contributed by atoms with Gasteiger partial charge in [0.2, 0.25) is 0 Å². The van der Waals surface area contributed by atoms with Crippen LogP contribution in [-0.4, -0.2) is 30.6 Å². The van der Waals surface area contributed by atoms with Crippen LogP contribution in [0.5, 0.6) is 0 Å². The zero-order valence-corrected chi connectivity index (χ0v) is 14.2. The van der Waals surface area contributed by atoms with Crippen molar-refractivity contribution in [3.63, 3.8) is 0 Å². The van der Waals surface area contributed by atoms with Crippen LogP contribution in [-0.2, 0) is 19.1 Å². The lowest BCUT2D eigenvalue weighted by Crippen LogP contribution is -2.34. The molecule has 4 heteroatoms. The molecule has 0 amide bonds. The van der Waals surface area contributed by atoms with Gasteiger partial charge in [0, 0.05) is 12.8 Å². The fourth-order valence-electron chi connectivity index (χ4n) is 2.29. The molecule has 1 fully saturated rings. The van der Waals surface area contributed by atoms with Gasteiger partial charge in [0.05, 0.1) is 24.2 Å². The average Bonchev–Trinajstić information content (AvgIpc) is 2.36. The van der Waals surface area contributed by atoms with Crippen molar-refractivity contribution in [2.24, 2.45) is 11.3 Å². The molecule has 1 atom stereocenters. The van der Waals surface area contributed by atoms with E-state index < -0.39 is 5.41 Å². The lowest BCUT2D eigenvalue weighted by molar-refractivity contribution is -0.153. The SMILES string of the molecule is CC1(C)CCC(CC(=O)CCCOC(=O)C(C)(C)C)CO1. The molecule has 0 saturated carbocycles. The van der Waals surface area contributed by atoms with E-state index in [2.05, 4.69) is 13.8 Å². The molecule has 0 N–H and O–H groups in total. The van der Waals surface area contributed by atoms with Crippen molar-refractivity contribution in [2.75, 3.05) is 13.2 Å². The molecule has 0 aromatic rings. The van der Waals surface area contributed by atoms with Crippen LogP contribution in [0.15, 0.2) is 0 Å². The van der Waals surface area contributed by atoms with E-state index in [4.69, 9.17) is 9.47 Å². The minimum atomic E-state index is -0.476. The summed E-state index contributed by atoms with van der Waals surface area (Å²) in [6, 6.07) is 0. The van der Waals surface area contributed by atoms with Gasteiger partial charge in [-0.25, -0.2) is 0 Å². The summed E-state index contributed by atoms with van der Waals surface area (Å²) in [5.41, 5.74) is -0.517. The Morgan fingerprint density at radius 1 is 1.29 bits per heavy atom. The lowest BCUT2D eigenvalue weighted by Gasteiger charge is -2.34. The number of ether oxygens (including phenoxy) is 2. The Bertz CT molecular complexity index is 355. The number of Topliss-reactive ketones (excluding diaryl/α,β-unsaturated/α-hetero) is 1. The molecule has 1 unspecified atom stereocenters. The van der Waals surface area contributed by atoms with Gasteiger partial charge in [0.1, 0.15) is 5.78 Å². The minimum absolute atomic E-state index is 0.0410. The first-order valence-electron chi connectivity index (χ1n) is 7.93. The second kappa shape index (κ2) is 7.39. The van der Waals surface area contributed by atoms with E-state index in [1.807, 2.05) is 20.8 Å². The van der Waals surface area contributed by atoms with Crippen molar-refractivity contribution < 1.29 is 19.1 Å². The molecule has 21 heavy (non-hydrogen) atoms. The summed E-state index contributed by atoms with van der Waals surface area (Å²) in [5.74, 6) is 0.385. The summed E-state index contributed by atoms with van der Waals surface area (Å²) >= 11 is 0. The Morgan fingerprint density at radius 2 is 1.95 bits per heavy atom. The second-order valence-electron chi connectivity index (χ2n) is 7.71. The summed E-state index contributed by atoms with van der Waals surface area (Å²) in [7, 11) is 0. The Hall–Kier alpha value is -0.900. The maximum absolute atomic E-state index is 11.9. The van der Waals surface area contributed by atoms with Crippen molar-refractivity contribution in [2.45, 2.75) is 72.3 Å². The van der Waals surface area contributed by atoms with Gasteiger partial charge in [0.25, 0.3) is 0 Å². The predicted octanol–water partition coefficient (Wildman–Crippen LogP) is 3.52. The monoisotopic (exact) mass is 298 g/mol. The van der Waals surface area contributed by atoms with E-state index >= 15 is 0 Å². The minimum Gasteiger partial charge on any atom is -0.465 e. The fourth-order valence-corrected chi connectivity index (χ4v) is 2.29. The van der Waals surface area contributed by atoms with Crippen molar-refractivity contribution >= 4 is 11.8 Å². The number of esters is 1. The molecule has 1 heterocycles. The van der Waals surface area contributed by atoms with E-state index in [0.29, 0.717) is 38.4 Å². The highest BCUT2D eigenvalue weighted by atomic mass is 16.5. The third-order valence-electron chi connectivity index (χ3n) is 3.83. The molecule has 1 aliphatic heterocycles. The van der Waals surface area contributed by atoms with Crippen LogP contribution in [0.1, 0.15) is 66.7 Å². The van der Waals surface area contributed by atoms with Gasteiger partial charge in [0.15, 0.2) is 0 Å². The first-order valence-corrected chi connectivity index (χ1v) is 7.93. The van der Waals surface area contributed by atoms with Crippen molar-refractivity contribution in [3.05, 3.63) is 0 Å². The van der Waals surface area contributed by atoms with E-state index in [1.165, 1.54) is 0 Å². The first-order chi connectivity index (χ1) is 9.60. The van der Waals surface area contributed by atoms with Crippen molar-refractivity contribution in [3.8, 4) is 0 Å². The van der Waals surface area contributed by atoms with Gasteiger partial charge in [-0.15, -0.1) is 0 Å². The summed E-state index contributed by atoms with van der Waals surface area (Å²) in [5, 5.41) is 0. The summed E-state index contributed by atoms with van der Waals surface area (Å²) in [6.07, 6.45) is 3.74. The summed E-state index contributed by atoms with van der Waals surface area (Å²) in [4.78, 5) is 23.5. The van der Waals surface area contributed by atoms with Gasteiger partial charge in [-0.05, 0) is 59.8 Å². The van der Waals surface area contributed by atoms with Crippen LogP contribution in [0.2, 0.25) is 0 Å². The molecule has 0 bridgehead atoms. The molecule has 0 aromatic carbocycles. The van der Waals surface area contributed by atoms with E-state index in [9.17, 15) is 9.59 Å². The van der Waals surface area contributed by atoms with Crippen molar-refractivity contribution in [1.82, 2.24) is 0 Å². The molecule has 1 rings (SSSR count). The molecule has 0 radical (unpaired) electrons. The standard InChI is InChI=1S/C17H30O4/c1-16(2,3)15(19)20-10-6-7-14(18)11-13-8-9-17(4,5)21-12-13/h13H,6-12H2,1-5H3. The molecule has 1 saturated heterocycles. The molecular formula is C17H30O4. The number of hydrogen-bond acceptors (Lipinski definition) is 4. The average molecular weight is 298 g/mol. The molecule has 1 aliphatic rings. The highest BCUT2D eigenvalue weighted by molar-refractivity contribution is 5.78. The van der Waals surface area contributed by atoms with Crippen LogP contribution in [0, 0.1) is 11.3 Å². The Kier molecular flexibility index (Phi) is 6.39. The largest absolute Gasteiger partial charge is 0.465 e. The van der Waals surface area contributed by atoms with E-state index in [-0.39, 0.29) is 17.4 Å². The third kappa shape index (κ3) is 7.07. The van der Waals surface area contributed by atoms with Crippen LogP contribution in [0.25, 0.3) is 0 Å². The van der Waals surface area contributed by atoms with Crippen molar-refractivity contribution in [1.29, 1.82) is 0 Å². The number of hydrogen-bond donors (Lipinski definition) is 0. The maximum Gasteiger partial charge on any atom is 0.311 e. The van der Waals surface area contributed by atoms with E-state index in [0.717, 1.165) is 12.8 Å². The third-order valence-corrected chi connectivity index (χ3v) is 3.83. The number of carbonyl (C=O) groups excluding carboxylic acids is 2. The normalized spacial score (nSPS) is 21.9. The summed E-state index contributed by atoms with van der Waals surface area (Å²) < 4.78 is 10.9. The van der Waals surface area contributed by atoms with Gasteiger partial charge < -0.3 is 9.47 Å². The Labute approximate surface area is 128 Å². The van der Waals surface area contributed by atoms with Gasteiger partial charge >= 0.3 is 5.97 Å². The highest BCUT2D eigenvalue weighted by Gasteiger charge is 2.28. The number of carbonyl (C=O) groups is 2. The highest BCUT2D eigenvalue weighted by Crippen LogP contribution is 2.29. The molecule has 0 aromatic heterocycles. The zero-order chi connectivity index (χ0) is 16.1. The molecule has 122 valence electrons. The Morgan fingerprint density at radius 3 is 2.48 bits per heavy atom. The lowest BCUT2D eigenvalue weighted by atomic mass is 9.88. The molecule has 0 spiro atoms. The number of ketones is 1. The molecule has 4 nitrogen and oxygen atoms in total. The summed E-state index contributed by atoms with van der Waals surface area (Å²) in [6.45, 7) is 10.7. The van der Waals surface area contributed by atoms with Gasteiger partial charge in [-0.1, -0.05) is 0 Å².